The molecule has 1 N–H and O–H groups in total. The second-order valence-electron chi connectivity index (χ2n) is 6.21. The fourth-order valence-electron chi connectivity index (χ4n) is 3.52. The molecule has 1 aliphatic rings. The zero-order valence-electron chi connectivity index (χ0n) is 13.7. The number of fused-ring (bicyclic) bond motifs is 3. The first-order valence-electron chi connectivity index (χ1n) is 8.18. The van der Waals surface area contributed by atoms with Crippen molar-refractivity contribution < 1.29 is 14.7 Å². The van der Waals surface area contributed by atoms with E-state index in [1.807, 2.05) is 24.3 Å². The molecule has 1 aromatic heterocycles. The average Bonchev–Trinajstić information content (AvgIpc) is 3.06. The number of carbonyl (C=O) groups excluding carboxylic acids is 2. The van der Waals surface area contributed by atoms with Gasteiger partial charge in [-0.3, -0.25) is 9.59 Å². The second-order valence-corrected chi connectivity index (χ2v) is 6.52. The number of anilines is 1. The highest BCUT2D eigenvalue weighted by atomic mass is 35.5. The molecule has 0 saturated carbocycles. The summed E-state index contributed by atoms with van der Waals surface area (Å²) in [4.78, 5) is 29.6. The number of carbonyl (C=O) groups is 2. The summed E-state index contributed by atoms with van der Waals surface area (Å²) in [5.41, 5.74) is 1.97. The van der Waals surface area contributed by atoms with Crippen LogP contribution in [0, 0.1) is 0 Å². The normalized spacial score (nSPS) is 15.9. The highest BCUT2D eigenvalue weighted by molar-refractivity contribution is 6.19. The smallest absolute Gasteiger partial charge is 0.276 e. The molecule has 2 aromatic carbocycles. The molecule has 1 unspecified atom stereocenters. The molecule has 3 aromatic rings. The number of pyridine rings is 1. The molecule has 5 nitrogen and oxygen atoms in total. The number of rotatable bonds is 3. The number of nitrogens with zero attached hydrogens (tertiary/aromatic N) is 2. The molecular formula is C20H15ClN2O3. The minimum atomic E-state index is -0.322. The Bertz CT molecular complexity index is 1030. The molecule has 1 atom stereocenters. The van der Waals surface area contributed by atoms with E-state index in [2.05, 4.69) is 4.98 Å². The van der Waals surface area contributed by atoms with Crippen LogP contribution >= 0.6 is 11.6 Å². The van der Waals surface area contributed by atoms with Gasteiger partial charge >= 0.3 is 0 Å². The Morgan fingerprint density at radius 3 is 2.73 bits per heavy atom. The summed E-state index contributed by atoms with van der Waals surface area (Å²) in [6.07, 6.45) is 0.607. The number of amides is 1. The number of phenolic OH excluding ortho intramolecular Hbond substituents is 1. The van der Waals surface area contributed by atoms with E-state index in [0.717, 1.165) is 16.3 Å². The van der Waals surface area contributed by atoms with E-state index in [1.165, 1.54) is 0 Å². The summed E-state index contributed by atoms with van der Waals surface area (Å²) >= 11 is 6.18. The first-order valence-corrected chi connectivity index (χ1v) is 8.72. The largest absolute Gasteiger partial charge is 0.507 e. The number of hydrogen-bond acceptors (Lipinski definition) is 4. The van der Waals surface area contributed by atoms with Gasteiger partial charge in [-0.1, -0.05) is 30.3 Å². The van der Waals surface area contributed by atoms with Crippen molar-refractivity contribution in [2.75, 3.05) is 17.3 Å². The number of halogens is 1. The van der Waals surface area contributed by atoms with Crippen LogP contribution in [0.1, 0.15) is 32.5 Å². The molecular weight excluding hydrogens is 352 g/mol. The van der Waals surface area contributed by atoms with Crippen molar-refractivity contribution in [2.24, 2.45) is 0 Å². The Balaban J connectivity index is 1.86. The maximum atomic E-state index is 13.0. The molecule has 0 radical (unpaired) electrons. The van der Waals surface area contributed by atoms with Crippen molar-refractivity contribution in [1.82, 2.24) is 4.98 Å². The molecule has 1 amide bonds. The van der Waals surface area contributed by atoms with Gasteiger partial charge in [0.2, 0.25) is 0 Å². The lowest BCUT2D eigenvalue weighted by atomic mass is 9.95. The van der Waals surface area contributed by atoms with Gasteiger partial charge in [0.25, 0.3) is 5.91 Å². The van der Waals surface area contributed by atoms with Gasteiger partial charge < -0.3 is 10.0 Å². The van der Waals surface area contributed by atoms with Crippen LogP contribution in [0.25, 0.3) is 10.8 Å². The van der Waals surface area contributed by atoms with E-state index in [9.17, 15) is 14.7 Å². The van der Waals surface area contributed by atoms with Gasteiger partial charge in [-0.15, -0.1) is 11.6 Å². The molecule has 130 valence electrons. The maximum absolute atomic E-state index is 13.0. The monoisotopic (exact) mass is 366 g/mol. The van der Waals surface area contributed by atoms with Crippen molar-refractivity contribution >= 4 is 40.3 Å². The number of phenols is 1. The fourth-order valence-corrected chi connectivity index (χ4v) is 3.77. The maximum Gasteiger partial charge on any atom is 0.276 e. The predicted octanol–water partition coefficient (Wildman–Crippen LogP) is 3.74. The summed E-state index contributed by atoms with van der Waals surface area (Å²) in [6.45, 7) is 0.401. The number of alkyl halides is 1. The minimum absolute atomic E-state index is 0.0460. The van der Waals surface area contributed by atoms with Crippen molar-refractivity contribution in [2.45, 2.75) is 5.92 Å². The van der Waals surface area contributed by atoms with Crippen molar-refractivity contribution in [3.8, 4) is 5.75 Å². The zero-order valence-corrected chi connectivity index (χ0v) is 14.5. The number of hydrogen-bond donors (Lipinski definition) is 1. The van der Waals surface area contributed by atoms with Gasteiger partial charge in [-0.05, 0) is 23.1 Å². The van der Waals surface area contributed by atoms with Gasteiger partial charge in [0, 0.05) is 29.8 Å². The second kappa shape index (κ2) is 6.42. The van der Waals surface area contributed by atoms with E-state index in [1.54, 1.807) is 29.2 Å². The molecule has 1 aliphatic heterocycles. The van der Waals surface area contributed by atoms with Crippen LogP contribution in [0.3, 0.4) is 0 Å². The highest BCUT2D eigenvalue weighted by Crippen LogP contribution is 2.45. The minimum Gasteiger partial charge on any atom is -0.507 e. The van der Waals surface area contributed by atoms with Crippen molar-refractivity contribution in [1.29, 1.82) is 0 Å². The SMILES string of the molecule is O=Cc1cccc(C(=O)N2CC(CCl)c3c2cc(O)c2ccccc32)n1. The Morgan fingerprint density at radius 2 is 2.00 bits per heavy atom. The number of benzene rings is 2. The van der Waals surface area contributed by atoms with Gasteiger partial charge in [0.05, 0.1) is 5.69 Å². The van der Waals surface area contributed by atoms with Crippen molar-refractivity contribution in [3.05, 3.63) is 65.5 Å². The lowest BCUT2D eigenvalue weighted by Gasteiger charge is -2.18. The Hall–Kier alpha value is -2.92. The van der Waals surface area contributed by atoms with Crippen molar-refractivity contribution in [3.63, 3.8) is 0 Å². The average molecular weight is 367 g/mol. The number of aldehydes is 1. The predicted molar refractivity (Wildman–Crippen MR) is 100 cm³/mol. The van der Waals surface area contributed by atoms with E-state index in [0.29, 0.717) is 24.4 Å². The zero-order chi connectivity index (χ0) is 18.3. The Labute approximate surface area is 154 Å². The third kappa shape index (κ3) is 2.52. The third-order valence-corrected chi connectivity index (χ3v) is 5.06. The van der Waals surface area contributed by atoms with Crippen LogP contribution in [-0.4, -0.2) is 34.7 Å². The summed E-state index contributed by atoms with van der Waals surface area (Å²) in [7, 11) is 0. The third-order valence-electron chi connectivity index (χ3n) is 4.69. The van der Waals surface area contributed by atoms with Crippen LogP contribution in [0.2, 0.25) is 0 Å². The molecule has 26 heavy (non-hydrogen) atoms. The topological polar surface area (TPSA) is 70.5 Å². The first-order chi connectivity index (χ1) is 12.6. The molecule has 2 heterocycles. The van der Waals surface area contributed by atoms with E-state index in [-0.39, 0.29) is 29.0 Å². The van der Waals surface area contributed by atoms with Crippen LogP contribution in [0.15, 0.2) is 48.5 Å². The van der Waals surface area contributed by atoms with Gasteiger partial charge in [0.1, 0.15) is 17.1 Å². The number of aromatic nitrogens is 1. The van der Waals surface area contributed by atoms with Crippen LogP contribution in [0.4, 0.5) is 5.69 Å². The van der Waals surface area contributed by atoms with Crippen LogP contribution in [-0.2, 0) is 0 Å². The molecule has 0 bridgehead atoms. The fraction of sp³-hybridized carbons (Fsp3) is 0.150. The van der Waals surface area contributed by atoms with Gasteiger partial charge in [-0.25, -0.2) is 4.98 Å². The van der Waals surface area contributed by atoms with E-state index in [4.69, 9.17) is 11.6 Å². The summed E-state index contributed by atoms with van der Waals surface area (Å²) in [5.74, 6) is 0.0995. The van der Waals surface area contributed by atoms with Crippen LogP contribution < -0.4 is 4.90 Å². The van der Waals surface area contributed by atoms with E-state index >= 15 is 0 Å². The molecule has 6 heteroatoms. The van der Waals surface area contributed by atoms with Crippen LogP contribution in [0.5, 0.6) is 5.75 Å². The highest BCUT2D eigenvalue weighted by Gasteiger charge is 2.35. The lowest BCUT2D eigenvalue weighted by Crippen LogP contribution is -2.31. The quantitative estimate of drug-likeness (QED) is 0.566. The lowest BCUT2D eigenvalue weighted by molar-refractivity contribution is 0.0983. The summed E-state index contributed by atoms with van der Waals surface area (Å²) in [6, 6.07) is 13.9. The summed E-state index contributed by atoms with van der Waals surface area (Å²) in [5, 5.41) is 12.0. The Kier molecular flexibility index (Phi) is 4.09. The molecule has 4 rings (SSSR count). The molecule has 0 saturated heterocycles. The van der Waals surface area contributed by atoms with Gasteiger partial charge in [-0.2, -0.15) is 0 Å². The number of aromatic hydroxyl groups is 1. The Morgan fingerprint density at radius 1 is 1.23 bits per heavy atom. The van der Waals surface area contributed by atoms with Gasteiger partial charge in [0.15, 0.2) is 6.29 Å². The standard InChI is InChI=1S/C20H15ClN2O3/c21-9-12-10-23(20(26)16-7-3-4-13(11-24)22-16)17-8-18(25)14-5-1-2-6-15(14)19(12)17/h1-8,11-12,25H,9-10H2. The molecule has 0 fully saturated rings. The van der Waals surface area contributed by atoms with E-state index < -0.39 is 0 Å². The molecule has 0 spiro atoms. The molecule has 0 aliphatic carbocycles. The summed E-state index contributed by atoms with van der Waals surface area (Å²) < 4.78 is 0. The first kappa shape index (κ1) is 16.5.